The standard InChI is InChI=1S/C23H27N5O2/c29-23(26-19-7-5-17(6-8-19)15-27-9-11-30-12-10-27)18-13-21-22(24-14-18)28(16-25-21)20-3-1-2-4-20/h5-8,13-14,16,20H,1-4,9-12,15H2,(H,26,29). The number of anilines is 1. The predicted octanol–water partition coefficient (Wildman–Crippen LogP) is 3.63. The molecule has 3 heterocycles. The minimum Gasteiger partial charge on any atom is -0.379 e. The smallest absolute Gasteiger partial charge is 0.257 e. The fourth-order valence-electron chi connectivity index (χ4n) is 4.41. The van der Waals surface area contributed by atoms with Gasteiger partial charge in [0.1, 0.15) is 5.52 Å². The number of hydrogen-bond acceptors (Lipinski definition) is 5. The van der Waals surface area contributed by atoms with Crippen molar-refractivity contribution in [3.05, 3.63) is 54.0 Å². The van der Waals surface area contributed by atoms with Gasteiger partial charge in [-0.25, -0.2) is 9.97 Å². The molecule has 156 valence electrons. The highest BCUT2D eigenvalue weighted by atomic mass is 16.5. The third-order valence-electron chi connectivity index (χ3n) is 6.11. The Labute approximate surface area is 176 Å². The normalized spacial score (nSPS) is 18.1. The van der Waals surface area contributed by atoms with Gasteiger partial charge in [0.2, 0.25) is 0 Å². The molecule has 1 aromatic carbocycles. The number of imidazole rings is 1. The van der Waals surface area contributed by atoms with Crippen LogP contribution in [0.2, 0.25) is 0 Å². The van der Waals surface area contributed by atoms with E-state index in [-0.39, 0.29) is 5.91 Å². The highest BCUT2D eigenvalue weighted by molar-refractivity contribution is 6.05. The SMILES string of the molecule is O=C(Nc1ccc(CN2CCOCC2)cc1)c1cnc2c(c1)ncn2C1CCCC1. The summed E-state index contributed by atoms with van der Waals surface area (Å²) in [5, 5.41) is 2.97. The largest absolute Gasteiger partial charge is 0.379 e. The second-order valence-corrected chi connectivity index (χ2v) is 8.20. The minimum atomic E-state index is -0.166. The number of ether oxygens (including phenoxy) is 1. The molecule has 2 aliphatic rings. The highest BCUT2D eigenvalue weighted by Crippen LogP contribution is 2.31. The number of fused-ring (bicyclic) bond motifs is 1. The van der Waals surface area contributed by atoms with Crippen molar-refractivity contribution in [2.75, 3.05) is 31.6 Å². The van der Waals surface area contributed by atoms with Gasteiger partial charge in [0, 0.05) is 37.6 Å². The molecule has 0 spiro atoms. The highest BCUT2D eigenvalue weighted by Gasteiger charge is 2.20. The van der Waals surface area contributed by atoms with Crippen molar-refractivity contribution in [2.24, 2.45) is 0 Å². The molecule has 0 radical (unpaired) electrons. The predicted molar refractivity (Wildman–Crippen MR) is 116 cm³/mol. The van der Waals surface area contributed by atoms with Crippen LogP contribution in [0.15, 0.2) is 42.9 Å². The van der Waals surface area contributed by atoms with Crippen LogP contribution >= 0.6 is 0 Å². The van der Waals surface area contributed by atoms with Crippen LogP contribution in [0.4, 0.5) is 5.69 Å². The summed E-state index contributed by atoms with van der Waals surface area (Å²) in [7, 11) is 0. The van der Waals surface area contributed by atoms with Crippen molar-refractivity contribution < 1.29 is 9.53 Å². The van der Waals surface area contributed by atoms with E-state index >= 15 is 0 Å². The minimum absolute atomic E-state index is 0.166. The van der Waals surface area contributed by atoms with E-state index in [9.17, 15) is 4.79 Å². The van der Waals surface area contributed by atoms with Crippen LogP contribution in [-0.2, 0) is 11.3 Å². The molecule has 0 atom stereocenters. The van der Waals surface area contributed by atoms with Gasteiger partial charge >= 0.3 is 0 Å². The molecule has 1 aliphatic carbocycles. The number of carbonyl (C=O) groups excluding carboxylic acids is 1. The first-order chi connectivity index (χ1) is 14.8. The zero-order chi connectivity index (χ0) is 20.3. The van der Waals surface area contributed by atoms with Gasteiger partial charge in [-0.1, -0.05) is 25.0 Å². The van der Waals surface area contributed by atoms with E-state index in [0.717, 1.165) is 49.7 Å². The maximum atomic E-state index is 12.7. The Hall–Kier alpha value is -2.77. The first-order valence-electron chi connectivity index (χ1n) is 10.8. The van der Waals surface area contributed by atoms with Crippen LogP contribution < -0.4 is 5.32 Å². The lowest BCUT2D eigenvalue weighted by Crippen LogP contribution is -2.35. The van der Waals surface area contributed by atoms with Crippen LogP contribution in [0.3, 0.4) is 0 Å². The summed E-state index contributed by atoms with van der Waals surface area (Å²) in [5.41, 5.74) is 4.18. The third-order valence-corrected chi connectivity index (χ3v) is 6.11. The van der Waals surface area contributed by atoms with Crippen molar-refractivity contribution >= 4 is 22.8 Å². The first-order valence-corrected chi connectivity index (χ1v) is 10.8. The van der Waals surface area contributed by atoms with Crippen LogP contribution in [0.25, 0.3) is 11.2 Å². The molecule has 3 aromatic rings. The number of rotatable bonds is 5. The summed E-state index contributed by atoms with van der Waals surface area (Å²) in [4.78, 5) is 24.1. The number of pyridine rings is 1. The van der Waals surface area contributed by atoms with E-state index in [1.54, 1.807) is 6.20 Å². The lowest BCUT2D eigenvalue weighted by molar-refractivity contribution is 0.0342. The van der Waals surface area contributed by atoms with Gasteiger partial charge in [-0.15, -0.1) is 0 Å². The lowest BCUT2D eigenvalue weighted by Gasteiger charge is -2.26. The number of morpholine rings is 1. The van der Waals surface area contributed by atoms with Gasteiger partial charge in [0.15, 0.2) is 5.65 Å². The summed E-state index contributed by atoms with van der Waals surface area (Å²) in [6.07, 6.45) is 8.39. The molecule has 1 amide bonds. The molecule has 1 aliphatic heterocycles. The Morgan fingerprint density at radius 2 is 1.87 bits per heavy atom. The number of nitrogens with one attached hydrogen (secondary N) is 1. The Balaban J connectivity index is 1.25. The number of hydrogen-bond donors (Lipinski definition) is 1. The second kappa shape index (κ2) is 8.53. The van der Waals surface area contributed by atoms with Crippen molar-refractivity contribution in [1.82, 2.24) is 19.4 Å². The summed E-state index contributed by atoms with van der Waals surface area (Å²) >= 11 is 0. The maximum absolute atomic E-state index is 12.7. The van der Waals surface area contributed by atoms with Crippen molar-refractivity contribution in [1.29, 1.82) is 0 Å². The Bertz CT molecular complexity index is 1020. The summed E-state index contributed by atoms with van der Waals surface area (Å²) in [6.45, 7) is 4.42. The number of aromatic nitrogens is 3. The molecule has 2 aromatic heterocycles. The number of amides is 1. The summed E-state index contributed by atoms with van der Waals surface area (Å²) in [6, 6.07) is 10.3. The monoisotopic (exact) mass is 405 g/mol. The van der Waals surface area contributed by atoms with Gasteiger partial charge in [-0.05, 0) is 36.6 Å². The van der Waals surface area contributed by atoms with E-state index < -0.39 is 0 Å². The second-order valence-electron chi connectivity index (χ2n) is 8.20. The average Bonchev–Trinajstić information content (AvgIpc) is 3.45. The van der Waals surface area contributed by atoms with Gasteiger partial charge in [-0.3, -0.25) is 9.69 Å². The van der Waals surface area contributed by atoms with Crippen LogP contribution in [0.5, 0.6) is 0 Å². The molecule has 7 nitrogen and oxygen atoms in total. The number of benzene rings is 1. The number of nitrogens with zero attached hydrogens (tertiary/aromatic N) is 4. The first kappa shape index (κ1) is 19.2. The molecular weight excluding hydrogens is 378 g/mol. The number of carbonyl (C=O) groups is 1. The van der Waals surface area contributed by atoms with E-state index in [4.69, 9.17) is 4.74 Å². The Kier molecular flexibility index (Phi) is 5.46. The molecule has 7 heteroatoms. The van der Waals surface area contributed by atoms with Crippen LogP contribution in [0, 0.1) is 0 Å². The summed E-state index contributed by atoms with van der Waals surface area (Å²) in [5.74, 6) is -0.166. The lowest BCUT2D eigenvalue weighted by atomic mass is 10.1. The average molecular weight is 406 g/mol. The Morgan fingerprint density at radius 1 is 1.10 bits per heavy atom. The molecule has 30 heavy (non-hydrogen) atoms. The van der Waals surface area contributed by atoms with Crippen LogP contribution in [0.1, 0.15) is 47.6 Å². The van der Waals surface area contributed by atoms with Crippen molar-refractivity contribution in [2.45, 2.75) is 38.3 Å². The fourth-order valence-corrected chi connectivity index (χ4v) is 4.41. The van der Waals surface area contributed by atoms with Gasteiger partial charge in [0.25, 0.3) is 5.91 Å². The third kappa shape index (κ3) is 4.08. The molecule has 0 bridgehead atoms. The van der Waals surface area contributed by atoms with E-state index in [1.807, 2.05) is 24.5 Å². The molecular formula is C23H27N5O2. The zero-order valence-electron chi connectivity index (χ0n) is 17.1. The molecule has 1 saturated carbocycles. The topological polar surface area (TPSA) is 72.3 Å². The molecule has 5 rings (SSSR count). The van der Waals surface area contributed by atoms with E-state index in [0.29, 0.717) is 11.6 Å². The quantitative estimate of drug-likeness (QED) is 0.702. The molecule has 2 fully saturated rings. The van der Waals surface area contributed by atoms with E-state index in [2.05, 4.69) is 36.9 Å². The summed E-state index contributed by atoms with van der Waals surface area (Å²) < 4.78 is 7.56. The van der Waals surface area contributed by atoms with Gasteiger partial charge < -0.3 is 14.6 Å². The zero-order valence-corrected chi connectivity index (χ0v) is 17.1. The van der Waals surface area contributed by atoms with Gasteiger partial charge in [0.05, 0.1) is 25.1 Å². The fraction of sp³-hybridized carbons (Fsp3) is 0.435. The molecule has 1 N–H and O–H groups in total. The molecule has 0 unspecified atom stereocenters. The molecule has 1 saturated heterocycles. The van der Waals surface area contributed by atoms with Crippen LogP contribution in [-0.4, -0.2) is 51.6 Å². The maximum Gasteiger partial charge on any atom is 0.257 e. The Morgan fingerprint density at radius 3 is 2.63 bits per heavy atom. The van der Waals surface area contributed by atoms with E-state index in [1.165, 1.54) is 31.2 Å². The van der Waals surface area contributed by atoms with Crippen molar-refractivity contribution in [3.63, 3.8) is 0 Å². The van der Waals surface area contributed by atoms with Gasteiger partial charge in [-0.2, -0.15) is 0 Å². The van der Waals surface area contributed by atoms with Crippen molar-refractivity contribution in [3.8, 4) is 0 Å².